The van der Waals surface area contributed by atoms with E-state index in [1.165, 1.54) is 21.0 Å². The number of methoxy groups -OCH3 is 1. The third-order valence-corrected chi connectivity index (χ3v) is 4.44. The molecule has 1 N–H and O–H groups in total. The highest BCUT2D eigenvalue weighted by molar-refractivity contribution is 7.89. The molecule has 0 unspecified atom stereocenters. The van der Waals surface area contributed by atoms with E-state index in [-0.39, 0.29) is 28.0 Å². The molecule has 1 heterocycles. The van der Waals surface area contributed by atoms with Crippen LogP contribution in [0.25, 0.3) is 0 Å². The van der Waals surface area contributed by atoms with Crippen LogP contribution in [0.1, 0.15) is 34.7 Å². The van der Waals surface area contributed by atoms with Crippen molar-refractivity contribution >= 4 is 16.0 Å². The van der Waals surface area contributed by atoms with E-state index in [4.69, 9.17) is 4.42 Å². The first-order valence-electron chi connectivity index (χ1n) is 5.57. The van der Waals surface area contributed by atoms with Crippen LogP contribution in [-0.2, 0) is 14.8 Å². The molecular formula is C11H15NO5S. The largest absolute Gasteiger partial charge is 0.465 e. The highest BCUT2D eigenvalue weighted by Gasteiger charge is 2.35. The number of hydrogen-bond donors (Lipinski definition) is 1. The first-order chi connectivity index (χ1) is 8.36. The Morgan fingerprint density at radius 3 is 2.44 bits per heavy atom. The van der Waals surface area contributed by atoms with Gasteiger partial charge in [-0.05, 0) is 26.7 Å². The number of aryl methyl sites for hydroxylation is 2. The van der Waals surface area contributed by atoms with Crippen molar-refractivity contribution in [3.8, 4) is 0 Å². The molecule has 0 aliphatic heterocycles. The third-order valence-electron chi connectivity index (χ3n) is 2.76. The maximum Gasteiger partial charge on any atom is 0.342 e. The van der Waals surface area contributed by atoms with E-state index in [2.05, 4.69) is 9.46 Å². The highest BCUT2D eigenvalue weighted by atomic mass is 32.2. The predicted molar refractivity (Wildman–Crippen MR) is 62.9 cm³/mol. The summed E-state index contributed by atoms with van der Waals surface area (Å²) in [7, 11) is -2.53. The van der Waals surface area contributed by atoms with E-state index in [1.54, 1.807) is 0 Å². The zero-order valence-electron chi connectivity index (χ0n) is 10.4. The summed E-state index contributed by atoms with van der Waals surface area (Å²) in [5.74, 6) is -0.267. The summed E-state index contributed by atoms with van der Waals surface area (Å²) < 4.78 is 36.7. The van der Waals surface area contributed by atoms with Crippen LogP contribution in [0, 0.1) is 13.8 Å². The number of esters is 1. The fraction of sp³-hybridized carbons (Fsp3) is 0.545. The van der Waals surface area contributed by atoms with Gasteiger partial charge < -0.3 is 9.15 Å². The minimum absolute atomic E-state index is 0.0249. The number of rotatable bonds is 4. The Bertz CT molecular complexity index is 583. The number of carbonyl (C=O) groups excluding carboxylic acids is 1. The van der Waals surface area contributed by atoms with Crippen LogP contribution in [0.4, 0.5) is 0 Å². The van der Waals surface area contributed by atoms with Crippen LogP contribution < -0.4 is 4.72 Å². The lowest BCUT2D eigenvalue weighted by Crippen LogP contribution is -2.27. The molecule has 0 amide bonds. The van der Waals surface area contributed by atoms with Gasteiger partial charge in [-0.1, -0.05) is 0 Å². The van der Waals surface area contributed by atoms with Gasteiger partial charge >= 0.3 is 5.97 Å². The number of ether oxygens (including phenoxy) is 1. The number of nitrogens with one attached hydrogen (secondary N) is 1. The van der Waals surface area contributed by atoms with Gasteiger partial charge in [-0.2, -0.15) is 0 Å². The van der Waals surface area contributed by atoms with Crippen molar-refractivity contribution in [3.63, 3.8) is 0 Å². The summed E-state index contributed by atoms with van der Waals surface area (Å²) in [6, 6.07) is -0.0323. The fourth-order valence-electron chi connectivity index (χ4n) is 1.80. The van der Waals surface area contributed by atoms with Crippen LogP contribution >= 0.6 is 0 Å². The Balaban J connectivity index is 2.51. The molecule has 0 aromatic carbocycles. The molecule has 0 atom stereocenters. The Kier molecular flexibility index (Phi) is 3.20. The van der Waals surface area contributed by atoms with E-state index in [9.17, 15) is 13.2 Å². The van der Waals surface area contributed by atoms with E-state index < -0.39 is 16.0 Å². The van der Waals surface area contributed by atoms with Crippen molar-refractivity contribution in [1.29, 1.82) is 0 Å². The van der Waals surface area contributed by atoms with Gasteiger partial charge in [-0.3, -0.25) is 0 Å². The Morgan fingerprint density at radius 2 is 1.94 bits per heavy atom. The quantitative estimate of drug-likeness (QED) is 0.831. The van der Waals surface area contributed by atoms with Crippen LogP contribution in [-0.4, -0.2) is 27.5 Å². The van der Waals surface area contributed by atoms with E-state index >= 15 is 0 Å². The Morgan fingerprint density at radius 1 is 1.33 bits per heavy atom. The molecule has 0 bridgehead atoms. The standard InChI is InChI=1S/C11H15NO5S/c1-6-9(11(13)16-3)10(7(2)17-6)18(14,15)12-8-4-5-8/h8,12H,4-5H2,1-3H3. The summed E-state index contributed by atoms with van der Waals surface area (Å²) in [5, 5.41) is 0. The normalized spacial score (nSPS) is 15.7. The lowest BCUT2D eigenvalue weighted by Gasteiger charge is -2.06. The second kappa shape index (κ2) is 4.40. The topological polar surface area (TPSA) is 85.6 Å². The molecule has 18 heavy (non-hydrogen) atoms. The molecule has 7 heteroatoms. The second-order valence-corrected chi connectivity index (χ2v) is 5.96. The van der Waals surface area contributed by atoms with Crippen molar-refractivity contribution in [2.45, 2.75) is 37.6 Å². The summed E-state index contributed by atoms with van der Waals surface area (Å²) in [6.45, 7) is 3.05. The van der Waals surface area contributed by atoms with Crippen LogP contribution in [0.2, 0.25) is 0 Å². The first-order valence-corrected chi connectivity index (χ1v) is 7.05. The lowest BCUT2D eigenvalue weighted by atomic mass is 10.2. The number of hydrogen-bond acceptors (Lipinski definition) is 5. The fourth-order valence-corrected chi connectivity index (χ4v) is 3.51. The maximum atomic E-state index is 12.2. The molecule has 0 spiro atoms. The van der Waals surface area contributed by atoms with Gasteiger partial charge in [-0.25, -0.2) is 17.9 Å². The highest BCUT2D eigenvalue weighted by Crippen LogP contribution is 2.29. The third kappa shape index (κ3) is 2.28. The van der Waals surface area contributed by atoms with Gasteiger partial charge in [0.25, 0.3) is 0 Å². The summed E-state index contributed by atoms with van der Waals surface area (Å²) >= 11 is 0. The Labute approximate surface area is 105 Å². The molecule has 1 fully saturated rings. The zero-order chi connectivity index (χ0) is 13.5. The van der Waals surface area contributed by atoms with Gasteiger partial charge in [0, 0.05) is 6.04 Å². The first kappa shape index (κ1) is 13.1. The smallest absolute Gasteiger partial charge is 0.342 e. The van der Waals surface area contributed by atoms with Gasteiger partial charge in [0.05, 0.1) is 7.11 Å². The van der Waals surface area contributed by atoms with E-state index in [0.29, 0.717) is 0 Å². The summed E-state index contributed by atoms with van der Waals surface area (Å²) in [4.78, 5) is 11.5. The number of sulfonamides is 1. The van der Waals surface area contributed by atoms with Crippen molar-refractivity contribution in [1.82, 2.24) is 4.72 Å². The van der Waals surface area contributed by atoms with E-state index in [0.717, 1.165) is 12.8 Å². The molecule has 2 rings (SSSR count). The molecule has 1 aliphatic rings. The molecule has 0 saturated heterocycles. The van der Waals surface area contributed by atoms with Gasteiger partial charge in [0.1, 0.15) is 22.0 Å². The average Bonchev–Trinajstić information content (AvgIpc) is 3.00. The second-order valence-electron chi connectivity index (χ2n) is 4.31. The minimum Gasteiger partial charge on any atom is -0.465 e. The minimum atomic E-state index is -3.74. The number of carbonyl (C=O) groups is 1. The van der Waals surface area contributed by atoms with Crippen LogP contribution in [0.3, 0.4) is 0 Å². The summed E-state index contributed by atoms with van der Waals surface area (Å²) in [6.07, 6.45) is 1.64. The Hall–Kier alpha value is -1.34. The zero-order valence-corrected chi connectivity index (χ0v) is 11.3. The molecule has 6 nitrogen and oxygen atoms in total. The van der Waals surface area contributed by atoms with Gasteiger partial charge in [0.2, 0.25) is 10.0 Å². The van der Waals surface area contributed by atoms with E-state index in [1.807, 2.05) is 0 Å². The molecule has 1 saturated carbocycles. The average molecular weight is 273 g/mol. The SMILES string of the molecule is COC(=O)c1c(C)oc(C)c1S(=O)(=O)NC1CC1. The lowest BCUT2D eigenvalue weighted by molar-refractivity contribution is 0.0595. The molecule has 0 radical (unpaired) electrons. The summed E-state index contributed by atoms with van der Waals surface area (Å²) in [5.41, 5.74) is -0.0249. The number of furan rings is 1. The molecule has 1 aromatic rings. The molecule has 1 aliphatic carbocycles. The molecular weight excluding hydrogens is 258 g/mol. The monoisotopic (exact) mass is 273 g/mol. The molecule has 100 valence electrons. The van der Waals surface area contributed by atoms with Crippen molar-refractivity contribution < 1.29 is 22.4 Å². The van der Waals surface area contributed by atoms with Crippen molar-refractivity contribution in [2.75, 3.05) is 7.11 Å². The van der Waals surface area contributed by atoms with Crippen LogP contribution in [0.15, 0.2) is 9.31 Å². The van der Waals surface area contributed by atoms with Crippen LogP contribution in [0.5, 0.6) is 0 Å². The van der Waals surface area contributed by atoms with Gasteiger partial charge in [0.15, 0.2) is 0 Å². The van der Waals surface area contributed by atoms with Gasteiger partial charge in [-0.15, -0.1) is 0 Å². The molecule has 1 aromatic heterocycles. The maximum absolute atomic E-state index is 12.2. The van der Waals surface area contributed by atoms with Crippen molar-refractivity contribution in [3.05, 3.63) is 17.1 Å². The van der Waals surface area contributed by atoms with Crippen molar-refractivity contribution in [2.24, 2.45) is 0 Å². The predicted octanol–water partition coefficient (Wildman–Crippen LogP) is 1.12.